The SMILES string of the molecule is CCCC1Cc2cc(F)ccc2O1. The van der Waals surface area contributed by atoms with Crippen LogP contribution in [0.4, 0.5) is 4.39 Å². The first-order valence-electron chi connectivity index (χ1n) is 4.74. The number of hydrogen-bond acceptors (Lipinski definition) is 1. The van der Waals surface area contributed by atoms with Crippen LogP contribution in [0.25, 0.3) is 0 Å². The van der Waals surface area contributed by atoms with E-state index in [1.807, 2.05) is 0 Å². The topological polar surface area (TPSA) is 9.23 Å². The van der Waals surface area contributed by atoms with Crippen molar-refractivity contribution in [2.24, 2.45) is 0 Å². The number of benzene rings is 1. The largest absolute Gasteiger partial charge is 0.490 e. The molecule has 0 radical (unpaired) electrons. The average Bonchev–Trinajstić information content (AvgIpc) is 2.46. The van der Waals surface area contributed by atoms with Gasteiger partial charge in [-0.15, -0.1) is 0 Å². The normalized spacial score (nSPS) is 19.7. The van der Waals surface area contributed by atoms with Gasteiger partial charge in [-0.2, -0.15) is 0 Å². The van der Waals surface area contributed by atoms with E-state index < -0.39 is 0 Å². The smallest absolute Gasteiger partial charge is 0.123 e. The zero-order chi connectivity index (χ0) is 9.26. The Morgan fingerprint density at radius 2 is 2.38 bits per heavy atom. The van der Waals surface area contributed by atoms with Crippen LogP contribution >= 0.6 is 0 Å². The molecule has 0 fully saturated rings. The van der Waals surface area contributed by atoms with E-state index in [1.54, 1.807) is 12.1 Å². The van der Waals surface area contributed by atoms with Crippen molar-refractivity contribution in [2.75, 3.05) is 0 Å². The standard InChI is InChI=1S/C11H13FO/c1-2-3-10-7-8-6-9(12)4-5-11(8)13-10/h4-6,10H,2-3,7H2,1H3. The van der Waals surface area contributed by atoms with Crippen molar-refractivity contribution in [1.29, 1.82) is 0 Å². The lowest BCUT2D eigenvalue weighted by molar-refractivity contribution is 0.220. The average molecular weight is 180 g/mol. The van der Waals surface area contributed by atoms with E-state index in [2.05, 4.69) is 6.92 Å². The molecule has 13 heavy (non-hydrogen) atoms. The molecule has 0 saturated carbocycles. The van der Waals surface area contributed by atoms with Crippen LogP contribution in [-0.2, 0) is 6.42 Å². The number of halogens is 1. The lowest BCUT2D eigenvalue weighted by Gasteiger charge is -2.07. The highest BCUT2D eigenvalue weighted by molar-refractivity contribution is 5.37. The Balaban J connectivity index is 2.16. The Morgan fingerprint density at radius 1 is 1.54 bits per heavy atom. The fourth-order valence-electron chi connectivity index (χ4n) is 1.77. The molecule has 2 rings (SSSR count). The van der Waals surface area contributed by atoms with Crippen molar-refractivity contribution in [3.05, 3.63) is 29.6 Å². The first kappa shape index (κ1) is 8.54. The summed E-state index contributed by atoms with van der Waals surface area (Å²) in [4.78, 5) is 0. The van der Waals surface area contributed by atoms with Crippen LogP contribution in [0.1, 0.15) is 25.3 Å². The van der Waals surface area contributed by atoms with E-state index in [0.29, 0.717) is 0 Å². The summed E-state index contributed by atoms with van der Waals surface area (Å²) in [7, 11) is 0. The molecule has 0 aromatic heterocycles. The van der Waals surface area contributed by atoms with Gasteiger partial charge in [-0.25, -0.2) is 4.39 Å². The molecular formula is C11H13FO. The maximum absolute atomic E-state index is 12.8. The minimum Gasteiger partial charge on any atom is -0.490 e. The molecule has 0 spiro atoms. The number of hydrogen-bond donors (Lipinski definition) is 0. The molecule has 1 aliphatic rings. The second kappa shape index (κ2) is 3.36. The van der Waals surface area contributed by atoms with Crippen LogP contribution < -0.4 is 4.74 Å². The third-order valence-electron chi connectivity index (χ3n) is 2.37. The summed E-state index contributed by atoms with van der Waals surface area (Å²) in [6, 6.07) is 4.75. The Labute approximate surface area is 77.5 Å². The molecule has 2 heteroatoms. The Kier molecular flexibility index (Phi) is 2.21. The molecule has 0 amide bonds. The molecule has 0 N–H and O–H groups in total. The van der Waals surface area contributed by atoms with Gasteiger partial charge in [0.15, 0.2) is 0 Å². The highest BCUT2D eigenvalue weighted by atomic mass is 19.1. The Hall–Kier alpha value is -1.05. The van der Waals surface area contributed by atoms with E-state index in [0.717, 1.165) is 30.6 Å². The van der Waals surface area contributed by atoms with Crippen molar-refractivity contribution < 1.29 is 9.13 Å². The molecule has 1 nitrogen and oxygen atoms in total. The fraction of sp³-hybridized carbons (Fsp3) is 0.455. The summed E-state index contributed by atoms with van der Waals surface area (Å²) in [5, 5.41) is 0. The van der Waals surface area contributed by atoms with Crippen molar-refractivity contribution in [1.82, 2.24) is 0 Å². The van der Waals surface area contributed by atoms with Gasteiger partial charge < -0.3 is 4.74 Å². The molecule has 1 unspecified atom stereocenters. The molecule has 1 aromatic carbocycles. The Bertz CT molecular complexity index is 309. The molecule has 70 valence electrons. The number of ether oxygens (including phenoxy) is 1. The monoisotopic (exact) mass is 180 g/mol. The van der Waals surface area contributed by atoms with Gasteiger partial charge >= 0.3 is 0 Å². The first-order chi connectivity index (χ1) is 6.29. The van der Waals surface area contributed by atoms with E-state index in [-0.39, 0.29) is 11.9 Å². The van der Waals surface area contributed by atoms with Crippen LogP contribution in [0.5, 0.6) is 5.75 Å². The van der Waals surface area contributed by atoms with Crippen molar-refractivity contribution >= 4 is 0 Å². The summed E-state index contributed by atoms with van der Waals surface area (Å²) in [5.74, 6) is 0.694. The van der Waals surface area contributed by atoms with Crippen molar-refractivity contribution in [3.63, 3.8) is 0 Å². The van der Waals surface area contributed by atoms with E-state index in [9.17, 15) is 4.39 Å². The lowest BCUT2D eigenvalue weighted by Crippen LogP contribution is -2.11. The highest BCUT2D eigenvalue weighted by Gasteiger charge is 2.21. The van der Waals surface area contributed by atoms with Gasteiger partial charge in [0.1, 0.15) is 17.7 Å². The zero-order valence-corrected chi connectivity index (χ0v) is 7.72. The van der Waals surface area contributed by atoms with Crippen LogP contribution in [0, 0.1) is 5.82 Å². The second-order valence-corrected chi connectivity index (χ2v) is 3.48. The third-order valence-corrected chi connectivity index (χ3v) is 2.37. The zero-order valence-electron chi connectivity index (χ0n) is 7.72. The van der Waals surface area contributed by atoms with E-state index in [1.165, 1.54) is 6.07 Å². The Morgan fingerprint density at radius 3 is 3.15 bits per heavy atom. The molecule has 1 aliphatic heterocycles. The maximum atomic E-state index is 12.8. The molecule has 0 aliphatic carbocycles. The summed E-state index contributed by atoms with van der Waals surface area (Å²) in [6.45, 7) is 2.13. The first-order valence-corrected chi connectivity index (χ1v) is 4.74. The van der Waals surface area contributed by atoms with Gasteiger partial charge in [-0.05, 0) is 24.6 Å². The summed E-state index contributed by atoms with van der Waals surface area (Å²) in [5.41, 5.74) is 1.01. The van der Waals surface area contributed by atoms with Gasteiger partial charge in [0, 0.05) is 12.0 Å². The number of fused-ring (bicyclic) bond motifs is 1. The maximum Gasteiger partial charge on any atom is 0.123 e. The summed E-state index contributed by atoms with van der Waals surface area (Å²) >= 11 is 0. The van der Waals surface area contributed by atoms with Crippen molar-refractivity contribution in [2.45, 2.75) is 32.3 Å². The summed E-state index contributed by atoms with van der Waals surface area (Å²) in [6.07, 6.45) is 3.29. The molecule has 1 heterocycles. The van der Waals surface area contributed by atoms with Crippen LogP contribution in [0.3, 0.4) is 0 Å². The van der Waals surface area contributed by atoms with E-state index in [4.69, 9.17) is 4.74 Å². The van der Waals surface area contributed by atoms with Gasteiger partial charge in [0.05, 0.1) is 0 Å². The molecule has 1 aromatic rings. The fourth-order valence-corrected chi connectivity index (χ4v) is 1.77. The minimum atomic E-state index is -0.167. The summed E-state index contributed by atoms with van der Waals surface area (Å²) < 4.78 is 18.5. The van der Waals surface area contributed by atoms with Crippen LogP contribution in [-0.4, -0.2) is 6.10 Å². The highest BCUT2D eigenvalue weighted by Crippen LogP contribution is 2.30. The van der Waals surface area contributed by atoms with Crippen LogP contribution in [0.15, 0.2) is 18.2 Å². The predicted octanol–water partition coefficient (Wildman–Crippen LogP) is 2.93. The van der Waals surface area contributed by atoms with Crippen molar-refractivity contribution in [3.8, 4) is 5.75 Å². The molecular weight excluding hydrogens is 167 g/mol. The second-order valence-electron chi connectivity index (χ2n) is 3.48. The number of rotatable bonds is 2. The van der Waals surface area contributed by atoms with Crippen LogP contribution in [0.2, 0.25) is 0 Å². The molecule has 1 atom stereocenters. The molecule has 0 bridgehead atoms. The minimum absolute atomic E-state index is 0.167. The van der Waals surface area contributed by atoms with Gasteiger partial charge in [-0.1, -0.05) is 13.3 Å². The van der Waals surface area contributed by atoms with E-state index >= 15 is 0 Å². The predicted molar refractivity (Wildman–Crippen MR) is 49.4 cm³/mol. The quantitative estimate of drug-likeness (QED) is 0.680. The third kappa shape index (κ3) is 1.67. The van der Waals surface area contributed by atoms with Gasteiger partial charge in [0.2, 0.25) is 0 Å². The lowest BCUT2D eigenvalue weighted by atomic mass is 10.1. The van der Waals surface area contributed by atoms with Gasteiger partial charge in [-0.3, -0.25) is 0 Å². The molecule has 0 saturated heterocycles. The van der Waals surface area contributed by atoms with Gasteiger partial charge in [0.25, 0.3) is 0 Å².